The van der Waals surface area contributed by atoms with Gasteiger partial charge in [0.25, 0.3) is 0 Å². The molecule has 1 amide bonds. The van der Waals surface area contributed by atoms with Gasteiger partial charge in [-0.05, 0) is 48.2 Å². The van der Waals surface area contributed by atoms with Gasteiger partial charge in [-0.2, -0.15) is 0 Å². The van der Waals surface area contributed by atoms with Crippen LogP contribution in [0.5, 0.6) is 5.75 Å². The molecule has 0 fully saturated rings. The standard InChI is InChI=1S/C19H20FNO4/c1-25-17-8-5-14(12-16(17)20)6-9-18(22)21-15-4-2-3-13(11-15)7-10-19(23)24/h2-5,8,11-12H,6-7,9-10H2,1H3,(H,21,22)(H,23,24). The Labute approximate surface area is 145 Å². The number of hydrogen-bond acceptors (Lipinski definition) is 3. The van der Waals surface area contributed by atoms with Gasteiger partial charge in [-0.15, -0.1) is 0 Å². The zero-order valence-electron chi connectivity index (χ0n) is 13.9. The summed E-state index contributed by atoms with van der Waals surface area (Å²) >= 11 is 0. The number of methoxy groups -OCH3 is 1. The summed E-state index contributed by atoms with van der Waals surface area (Å²) in [4.78, 5) is 22.7. The number of ether oxygens (including phenoxy) is 1. The third-order valence-corrected chi connectivity index (χ3v) is 3.70. The molecule has 5 nitrogen and oxygen atoms in total. The number of benzene rings is 2. The molecule has 25 heavy (non-hydrogen) atoms. The van der Waals surface area contributed by atoms with Crippen LogP contribution in [0, 0.1) is 5.82 Å². The van der Waals surface area contributed by atoms with E-state index in [1.165, 1.54) is 19.2 Å². The lowest BCUT2D eigenvalue weighted by Gasteiger charge is -2.08. The monoisotopic (exact) mass is 345 g/mol. The molecule has 2 aromatic rings. The first-order valence-electron chi connectivity index (χ1n) is 7.91. The Morgan fingerprint density at radius 1 is 1.08 bits per heavy atom. The summed E-state index contributed by atoms with van der Waals surface area (Å²) in [7, 11) is 1.40. The number of carbonyl (C=O) groups excluding carboxylic acids is 1. The highest BCUT2D eigenvalue weighted by molar-refractivity contribution is 5.90. The van der Waals surface area contributed by atoms with E-state index in [1.807, 2.05) is 6.07 Å². The second-order valence-electron chi connectivity index (χ2n) is 5.61. The van der Waals surface area contributed by atoms with Crippen LogP contribution in [-0.4, -0.2) is 24.1 Å². The van der Waals surface area contributed by atoms with Crippen LogP contribution >= 0.6 is 0 Å². The average molecular weight is 345 g/mol. The minimum Gasteiger partial charge on any atom is -0.494 e. The summed E-state index contributed by atoms with van der Waals surface area (Å²) in [6.07, 6.45) is 1.07. The van der Waals surface area contributed by atoms with Gasteiger partial charge in [0.2, 0.25) is 5.91 Å². The van der Waals surface area contributed by atoms with Crippen molar-refractivity contribution in [2.75, 3.05) is 12.4 Å². The Balaban J connectivity index is 1.88. The van der Waals surface area contributed by atoms with E-state index in [9.17, 15) is 14.0 Å². The number of aryl methyl sites for hydroxylation is 2. The molecule has 0 atom stereocenters. The Morgan fingerprint density at radius 2 is 1.80 bits per heavy atom. The van der Waals surface area contributed by atoms with Crippen LogP contribution in [0.4, 0.5) is 10.1 Å². The predicted molar refractivity (Wildman–Crippen MR) is 92.3 cm³/mol. The number of rotatable bonds is 8. The molecule has 132 valence electrons. The predicted octanol–water partition coefficient (Wildman–Crippen LogP) is 3.42. The Kier molecular flexibility index (Phi) is 6.51. The molecular weight excluding hydrogens is 325 g/mol. The topological polar surface area (TPSA) is 75.6 Å². The molecule has 0 spiro atoms. The fourth-order valence-corrected chi connectivity index (χ4v) is 2.40. The molecular formula is C19H20FNO4. The number of anilines is 1. The number of nitrogens with one attached hydrogen (secondary N) is 1. The van der Waals surface area contributed by atoms with Crippen molar-refractivity contribution in [1.82, 2.24) is 0 Å². The maximum Gasteiger partial charge on any atom is 0.303 e. The van der Waals surface area contributed by atoms with Gasteiger partial charge >= 0.3 is 5.97 Å². The van der Waals surface area contributed by atoms with Crippen LogP contribution in [0.15, 0.2) is 42.5 Å². The summed E-state index contributed by atoms with van der Waals surface area (Å²) in [5, 5.41) is 11.5. The van der Waals surface area contributed by atoms with Gasteiger partial charge in [0.05, 0.1) is 7.11 Å². The lowest BCUT2D eigenvalue weighted by Crippen LogP contribution is -2.12. The number of aliphatic carboxylic acids is 1. The summed E-state index contributed by atoms with van der Waals surface area (Å²) in [5.41, 5.74) is 2.18. The third-order valence-electron chi connectivity index (χ3n) is 3.70. The first-order chi connectivity index (χ1) is 12.0. The van der Waals surface area contributed by atoms with E-state index >= 15 is 0 Å². The average Bonchev–Trinajstić information content (AvgIpc) is 2.58. The van der Waals surface area contributed by atoms with Gasteiger partial charge in [-0.3, -0.25) is 9.59 Å². The van der Waals surface area contributed by atoms with Crippen LogP contribution in [0.2, 0.25) is 0 Å². The van der Waals surface area contributed by atoms with E-state index in [2.05, 4.69) is 5.32 Å². The molecule has 2 aromatic carbocycles. The number of hydrogen-bond donors (Lipinski definition) is 2. The van der Waals surface area contributed by atoms with Crippen molar-refractivity contribution in [1.29, 1.82) is 0 Å². The maximum atomic E-state index is 13.6. The van der Waals surface area contributed by atoms with Crippen molar-refractivity contribution in [3.8, 4) is 5.75 Å². The van der Waals surface area contributed by atoms with Gasteiger partial charge in [0, 0.05) is 18.5 Å². The first-order valence-corrected chi connectivity index (χ1v) is 7.91. The smallest absolute Gasteiger partial charge is 0.303 e. The molecule has 6 heteroatoms. The minimum absolute atomic E-state index is 0.0421. The second-order valence-corrected chi connectivity index (χ2v) is 5.61. The molecule has 0 aromatic heterocycles. The molecule has 0 saturated carbocycles. The van der Waals surface area contributed by atoms with Crippen molar-refractivity contribution in [3.05, 3.63) is 59.4 Å². The van der Waals surface area contributed by atoms with Crippen molar-refractivity contribution >= 4 is 17.6 Å². The fraction of sp³-hybridized carbons (Fsp3) is 0.263. The van der Waals surface area contributed by atoms with Gasteiger partial charge in [0.1, 0.15) is 0 Å². The summed E-state index contributed by atoms with van der Waals surface area (Å²) in [6.45, 7) is 0. The number of carboxylic acids is 1. The third kappa shape index (κ3) is 5.91. The Hall–Kier alpha value is -2.89. The molecule has 0 aliphatic heterocycles. The van der Waals surface area contributed by atoms with Crippen molar-refractivity contribution in [3.63, 3.8) is 0 Å². The first kappa shape index (κ1) is 18.4. The fourth-order valence-electron chi connectivity index (χ4n) is 2.40. The zero-order chi connectivity index (χ0) is 18.2. The highest BCUT2D eigenvalue weighted by atomic mass is 19.1. The van der Waals surface area contributed by atoms with E-state index in [0.29, 0.717) is 24.1 Å². The second kappa shape index (κ2) is 8.82. The van der Waals surface area contributed by atoms with E-state index in [4.69, 9.17) is 9.84 Å². The summed E-state index contributed by atoms with van der Waals surface area (Å²) < 4.78 is 18.5. The minimum atomic E-state index is -0.860. The summed E-state index contributed by atoms with van der Waals surface area (Å²) in [6, 6.07) is 11.7. The van der Waals surface area contributed by atoms with Gasteiger partial charge < -0.3 is 15.2 Å². The number of amides is 1. The molecule has 0 radical (unpaired) electrons. The molecule has 0 bridgehead atoms. The van der Waals surface area contributed by atoms with Gasteiger partial charge in [0.15, 0.2) is 11.6 Å². The van der Waals surface area contributed by atoms with Crippen molar-refractivity contribution in [2.45, 2.75) is 25.7 Å². The Morgan fingerprint density at radius 3 is 2.48 bits per heavy atom. The normalized spacial score (nSPS) is 10.3. The molecule has 2 rings (SSSR count). The van der Waals surface area contributed by atoms with Crippen molar-refractivity contribution < 1.29 is 23.8 Å². The molecule has 0 heterocycles. The van der Waals surface area contributed by atoms with Gasteiger partial charge in [-0.1, -0.05) is 18.2 Å². The molecule has 0 aliphatic rings. The van der Waals surface area contributed by atoms with Crippen LogP contribution in [0.25, 0.3) is 0 Å². The molecule has 0 unspecified atom stereocenters. The maximum absolute atomic E-state index is 13.6. The summed E-state index contributed by atoms with van der Waals surface area (Å²) in [5.74, 6) is -1.33. The van der Waals surface area contributed by atoms with E-state index in [1.54, 1.807) is 24.3 Å². The lowest BCUT2D eigenvalue weighted by molar-refractivity contribution is -0.137. The van der Waals surface area contributed by atoms with Crippen molar-refractivity contribution in [2.24, 2.45) is 0 Å². The van der Waals surface area contributed by atoms with Crippen LogP contribution in [0.1, 0.15) is 24.0 Å². The zero-order valence-corrected chi connectivity index (χ0v) is 13.9. The van der Waals surface area contributed by atoms with Crippen LogP contribution in [-0.2, 0) is 22.4 Å². The lowest BCUT2D eigenvalue weighted by atomic mass is 10.1. The highest BCUT2D eigenvalue weighted by Crippen LogP contribution is 2.19. The largest absolute Gasteiger partial charge is 0.494 e. The van der Waals surface area contributed by atoms with E-state index in [-0.39, 0.29) is 24.5 Å². The molecule has 0 aliphatic carbocycles. The van der Waals surface area contributed by atoms with Gasteiger partial charge in [-0.25, -0.2) is 4.39 Å². The van der Waals surface area contributed by atoms with Crippen LogP contribution < -0.4 is 10.1 Å². The van der Waals surface area contributed by atoms with E-state index < -0.39 is 11.8 Å². The SMILES string of the molecule is COc1ccc(CCC(=O)Nc2cccc(CCC(=O)O)c2)cc1F. The molecule has 0 saturated heterocycles. The van der Waals surface area contributed by atoms with Crippen LogP contribution in [0.3, 0.4) is 0 Å². The number of carbonyl (C=O) groups is 2. The molecule has 2 N–H and O–H groups in total. The quantitative estimate of drug-likeness (QED) is 0.769. The Bertz CT molecular complexity index is 761. The van der Waals surface area contributed by atoms with E-state index in [0.717, 1.165) is 5.56 Å². The number of halogens is 1. The number of carboxylic acid groups (broad SMARTS) is 1. The highest BCUT2D eigenvalue weighted by Gasteiger charge is 2.07.